The molecule has 0 saturated carbocycles. The lowest BCUT2D eigenvalue weighted by Gasteiger charge is -2.30. The molecule has 6 nitrogen and oxygen atoms in total. The van der Waals surface area contributed by atoms with Gasteiger partial charge in [0.05, 0.1) is 0 Å². The molecule has 6 heteroatoms. The lowest BCUT2D eigenvalue weighted by molar-refractivity contribution is 0.202. The van der Waals surface area contributed by atoms with Crippen LogP contribution in [0.1, 0.15) is 71.6 Å². The summed E-state index contributed by atoms with van der Waals surface area (Å²) in [6.07, 6.45) is 11.2. The molecule has 2 fully saturated rings. The predicted molar refractivity (Wildman–Crippen MR) is 123 cm³/mol. The van der Waals surface area contributed by atoms with Gasteiger partial charge in [0.2, 0.25) is 0 Å². The van der Waals surface area contributed by atoms with E-state index in [4.69, 9.17) is 0 Å². The van der Waals surface area contributed by atoms with Crippen LogP contribution in [-0.4, -0.2) is 73.1 Å². The third-order valence-electron chi connectivity index (χ3n) is 6.40. The van der Waals surface area contributed by atoms with Gasteiger partial charge in [0.15, 0.2) is 5.57 Å². The number of rotatable bonds is 13. The number of allylic oxidation sites excluding steroid dienone is 1. The van der Waals surface area contributed by atoms with Gasteiger partial charge in [-0.25, -0.2) is 0 Å². The number of likely N-dealkylation sites (tertiary alicyclic amines) is 1. The minimum absolute atomic E-state index is 0.269. The van der Waals surface area contributed by atoms with Gasteiger partial charge in [0, 0.05) is 38.8 Å². The molecule has 1 unspecified atom stereocenters. The van der Waals surface area contributed by atoms with E-state index in [2.05, 4.69) is 46.0 Å². The zero-order valence-corrected chi connectivity index (χ0v) is 19.3. The first-order valence-electron chi connectivity index (χ1n) is 12.2. The Kier molecular flexibility index (Phi) is 11.7. The summed E-state index contributed by atoms with van der Waals surface area (Å²) in [6.45, 7) is 12.5. The fourth-order valence-electron chi connectivity index (χ4n) is 4.70. The zero-order valence-electron chi connectivity index (χ0n) is 19.3. The highest BCUT2D eigenvalue weighted by Crippen LogP contribution is 2.22. The lowest BCUT2D eigenvalue weighted by Crippen LogP contribution is -2.37. The van der Waals surface area contributed by atoms with Crippen LogP contribution in [0.25, 0.3) is 0 Å². The Hall–Kier alpha value is -1.76. The first kappa shape index (κ1) is 24.5. The van der Waals surface area contributed by atoms with E-state index in [1.807, 2.05) is 0 Å². The van der Waals surface area contributed by atoms with Crippen LogP contribution >= 0.6 is 0 Å². The molecule has 2 aliphatic rings. The van der Waals surface area contributed by atoms with E-state index in [0.29, 0.717) is 6.04 Å². The van der Waals surface area contributed by atoms with Gasteiger partial charge >= 0.3 is 0 Å². The van der Waals surface area contributed by atoms with Crippen LogP contribution in [0.5, 0.6) is 0 Å². The maximum atomic E-state index is 9.52. The van der Waals surface area contributed by atoms with E-state index in [1.165, 1.54) is 64.5 Å². The van der Waals surface area contributed by atoms with Crippen LogP contribution in [0.15, 0.2) is 11.4 Å². The molecule has 2 aliphatic heterocycles. The first-order valence-corrected chi connectivity index (χ1v) is 12.2. The van der Waals surface area contributed by atoms with Gasteiger partial charge in [-0.1, -0.05) is 39.5 Å². The van der Waals surface area contributed by atoms with Crippen LogP contribution in [-0.2, 0) is 0 Å². The van der Waals surface area contributed by atoms with Crippen molar-refractivity contribution >= 4 is 0 Å². The van der Waals surface area contributed by atoms with Crippen molar-refractivity contribution in [3.8, 4) is 12.1 Å². The van der Waals surface area contributed by atoms with E-state index in [-0.39, 0.29) is 5.57 Å². The highest BCUT2D eigenvalue weighted by molar-refractivity contribution is 5.40. The Morgan fingerprint density at radius 3 is 2.20 bits per heavy atom. The maximum Gasteiger partial charge on any atom is 0.169 e. The molecule has 2 saturated heterocycles. The Balaban J connectivity index is 1.86. The molecular formula is C24H42N6. The Morgan fingerprint density at radius 1 is 0.867 bits per heavy atom. The molecule has 0 aromatic heterocycles. The van der Waals surface area contributed by atoms with Crippen LogP contribution < -0.4 is 5.32 Å². The van der Waals surface area contributed by atoms with Crippen molar-refractivity contribution in [2.45, 2.75) is 77.7 Å². The largest absolute Gasteiger partial charge is 0.355 e. The van der Waals surface area contributed by atoms with Gasteiger partial charge in [0.1, 0.15) is 18.0 Å². The van der Waals surface area contributed by atoms with Crippen molar-refractivity contribution in [3.63, 3.8) is 0 Å². The van der Waals surface area contributed by atoms with Crippen molar-refractivity contribution in [2.24, 2.45) is 0 Å². The summed E-state index contributed by atoms with van der Waals surface area (Å²) in [5.74, 6) is 0.869. The minimum Gasteiger partial charge on any atom is -0.355 e. The Bertz CT molecular complexity index is 580. The number of nitrogens with zero attached hydrogens (tertiary/aromatic N) is 5. The normalized spacial score (nSPS) is 18.3. The van der Waals surface area contributed by atoms with E-state index in [9.17, 15) is 10.5 Å². The fraction of sp³-hybridized carbons (Fsp3) is 0.833. The topological polar surface area (TPSA) is 69.3 Å². The molecule has 0 bridgehead atoms. The van der Waals surface area contributed by atoms with Crippen molar-refractivity contribution in [1.29, 1.82) is 10.5 Å². The summed E-state index contributed by atoms with van der Waals surface area (Å²) in [6, 6.07) is 4.92. The molecule has 168 valence electrons. The third kappa shape index (κ3) is 7.82. The van der Waals surface area contributed by atoms with Gasteiger partial charge in [-0.2, -0.15) is 10.5 Å². The third-order valence-corrected chi connectivity index (χ3v) is 6.40. The number of nitriles is 2. The summed E-state index contributed by atoms with van der Waals surface area (Å²) >= 11 is 0. The van der Waals surface area contributed by atoms with E-state index in [0.717, 1.165) is 51.5 Å². The number of hydrogen-bond donors (Lipinski definition) is 1. The lowest BCUT2D eigenvalue weighted by atomic mass is 10.1. The highest BCUT2D eigenvalue weighted by Gasteiger charge is 2.28. The van der Waals surface area contributed by atoms with Crippen LogP contribution in [0.4, 0.5) is 0 Å². The smallest absolute Gasteiger partial charge is 0.169 e. The van der Waals surface area contributed by atoms with Gasteiger partial charge in [-0.15, -0.1) is 0 Å². The molecule has 1 atom stereocenters. The molecule has 0 aromatic carbocycles. The predicted octanol–water partition coefficient (Wildman–Crippen LogP) is 3.69. The monoisotopic (exact) mass is 414 g/mol. The quantitative estimate of drug-likeness (QED) is 0.366. The standard InChI is InChI=1S/C24H42N6/c1-3-5-11-23(10-4-2)27-12-9-15-29-18-19-30(24(29)22(20-25)21-26)17-16-28-13-7-6-8-14-28/h23,27H,3-19H2,1-2H3. The summed E-state index contributed by atoms with van der Waals surface area (Å²) in [4.78, 5) is 7.06. The van der Waals surface area contributed by atoms with Gasteiger partial charge in [-0.3, -0.25) is 0 Å². The first-order chi connectivity index (χ1) is 14.7. The van der Waals surface area contributed by atoms with Crippen LogP contribution in [0.3, 0.4) is 0 Å². The SMILES string of the molecule is CCCCC(CCC)NCCCN1CCN(CCN2CCCCC2)C1=C(C#N)C#N. The second-order valence-electron chi connectivity index (χ2n) is 8.73. The van der Waals surface area contributed by atoms with Crippen LogP contribution in [0.2, 0.25) is 0 Å². The summed E-state index contributed by atoms with van der Waals surface area (Å²) in [7, 11) is 0. The van der Waals surface area contributed by atoms with E-state index in [1.54, 1.807) is 0 Å². The molecule has 2 rings (SSSR count). The summed E-state index contributed by atoms with van der Waals surface area (Å²) < 4.78 is 0. The van der Waals surface area contributed by atoms with Crippen molar-refractivity contribution in [2.75, 3.05) is 52.4 Å². The van der Waals surface area contributed by atoms with Crippen LogP contribution in [0, 0.1) is 22.7 Å². The highest BCUT2D eigenvalue weighted by atomic mass is 15.4. The molecule has 0 amide bonds. The second-order valence-corrected chi connectivity index (χ2v) is 8.73. The molecule has 30 heavy (non-hydrogen) atoms. The fourth-order valence-corrected chi connectivity index (χ4v) is 4.70. The molecule has 0 spiro atoms. The molecule has 0 aliphatic carbocycles. The molecule has 1 N–H and O–H groups in total. The number of unbranched alkanes of at least 4 members (excludes halogenated alkanes) is 1. The summed E-state index contributed by atoms with van der Waals surface area (Å²) in [5.41, 5.74) is 0.269. The second kappa shape index (κ2) is 14.3. The van der Waals surface area contributed by atoms with E-state index < -0.39 is 0 Å². The van der Waals surface area contributed by atoms with Crippen molar-refractivity contribution < 1.29 is 0 Å². The summed E-state index contributed by atoms with van der Waals surface area (Å²) in [5, 5.41) is 22.8. The van der Waals surface area contributed by atoms with Gasteiger partial charge in [0.25, 0.3) is 0 Å². The number of nitrogens with one attached hydrogen (secondary N) is 1. The van der Waals surface area contributed by atoms with Gasteiger partial charge in [-0.05, 0) is 51.7 Å². The molecule has 0 radical (unpaired) electrons. The van der Waals surface area contributed by atoms with Gasteiger partial charge < -0.3 is 20.0 Å². The Morgan fingerprint density at radius 2 is 1.57 bits per heavy atom. The molecular weight excluding hydrogens is 372 g/mol. The van der Waals surface area contributed by atoms with E-state index >= 15 is 0 Å². The van der Waals surface area contributed by atoms with Crippen molar-refractivity contribution in [3.05, 3.63) is 11.4 Å². The van der Waals surface area contributed by atoms with Crippen molar-refractivity contribution in [1.82, 2.24) is 20.0 Å². The minimum atomic E-state index is 0.269. The average Bonchev–Trinajstić information content (AvgIpc) is 3.17. The zero-order chi connectivity index (χ0) is 21.6. The average molecular weight is 415 g/mol. The maximum absolute atomic E-state index is 9.52. The number of piperidine rings is 1. The molecule has 2 heterocycles. The molecule has 0 aromatic rings. The Labute approximate surface area is 184 Å². The number of hydrogen-bond acceptors (Lipinski definition) is 6.